The van der Waals surface area contributed by atoms with Crippen molar-refractivity contribution < 1.29 is 9.53 Å². The Bertz CT molecular complexity index is 745. The second-order valence-corrected chi connectivity index (χ2v) is 6.94. The van der Waals surface area contributed by atoms with Gasteiger partial charge in [0.1, 0.15) is 11.8 Å². The van der Waals surface area contributed by atoms with E-state index in [1.165, 1.54) is 0 Å². The number of hydrogen-bond donors (Lipinski definition) is 2. The first-order valence-corrected chi connectivity index (χ1v) is 9.05. The van der Waals surface area contributed by atoms with Crippen LogP contribution in [0.5, 0.6) is 5.75 Å². The van der Waals surface area contributed by atoms with E-state index in [0.29, 0.717) is 12.5 Å². The van der Waals surface area contributed by atoms with Crippen LogP contribution >= 0.6 is 0 Å². The van der Waals surface area contributed by atoms with Crippen LogP contribution in [0.25, 0.3) is 0 Å². The van der Waals surface area contributed by atoms with Crippen molar-refractivity contribution in [3.05, 3.63) is 59.7 Å². The summed E-state index contributed by atoms with van der Waals surface area (Å²) in [7, 11) is 1.68. The number of nitrogens with zero attached hydrogens (tertiary/aromatic N) is 1. The van der Waals surface area contributed by atoms with Crippen molar-refractivity contribution in [2.75, 3.05) is 31.6 Å². The lowest BCUT2D eigenvalue weighted by Crippen LogP contribution is -2.37. The number of ether oxygens (including phenoxy) is 1. The van der Waals surface area contributed by atoms with Gasteiger partial charge in [0, 0.05) is 31.4 Å². The van der Waals surface area contributed by atoms with Crippen molar-refractivity contribution in [2.24, 2.45) is 11.7 Å². The summed E-state index contributed by atoms with van der Waals surface area (Å²) in [6, 6.07) is 15.3. The van der Waals surface area contributed by atoms with Crippen molar-refractivity contribution in [1.82, 2.24) is 5.32 Å². The molecule has 0 aromatic heterocycles. The van der Waals surface area contributed by atoms with Crippen LogP contribution in [0.1, 0.15) is 23.6 Å². The van der Waals surface area contributed by atoms with E-state index in [-0.39, 0.29) is 5.91 Å². The highest BCUT2D eigenvalue weighted by Crippen LogP contribution is 2.26. The van der Waals surface area contributed by atoms with Crippen LogP contribution in [0.15, 0.2) is 48.5 Å². The molecule has 0 spiro atoms. The Morgan fingerprint density at radius 3 is 2.81 bits per heavy atom. The number of nitrogens with one attached hydrogen (secondary N) is 1. The Hall–Kier alpha value is -2.53. The summed E-state index contributed by atoms with van der Waals surface area (Å²) in [5, 5.41) is 3.02. The molecule has 1 aliphatic heterocycles. The summed E-state index contributed by atoms with van der Waals surface area (Å²) in [6.45, 7) is 4.58. The van der Waals surface area contributed by atoms with Crippen LogP contribution in [0.2, 0.25) is 0 Å². The number of methoxy groups -OCH3 is 1. The SMILES string of the molecule is COc1cccc(N2CCC(CNC(=O)C(N)c3ccc(C)cc3)C2)c1. The van der Waals surface area contributed by atoms with E-state index in [4.69, 9.17) is 10.5 Å². The van der Waals surface area contributed by atoms with Gasteiger partial charge in [-0.25, -0.2) is 0 Å². The smallest absolute Gasteiger partial charge is 0.241 e. The lowest BCUT2D eigenvalue weighted by atomic mass is 10.0. The lowest BCUT2D eigenvalue weighted by Gasteiger charge is -2.20. The zero-order chi connectivity index (χ0) is 18.5. The molecule has 1 saturated heterocycles. The topological polar surface area (TPSA) is 67.6 Å². The molecule has 1 heterocycles. The quantitative estimate of drug-likeness (QED) is 0.838. The first-order chi connectivity index (χ1) is 12.6. The molecule has 2 atom stereocenters. The van der Waals surface area contributed by atoms with Crippen molar-refractivity contribution in [3.63, 3.8) is 0 Å². The highest BCUT2D eigenvalue weighted by Gasteiger charge is 2.24. The van der Waals surface area contributed by atoms with E-state index in [1.807, 2.05) is 49.4 Å². The highest BCUT2D eigenvalue weighted by molar-refractivity contribution is 5.82. The molecular weight excluding hydrogens is 326 g/mol. The molecule has 1 fully saturated rings. The monoisotopic (exact) mass is 353 g/mol. The van der Waals surface area contributed by atoms with Crippen LogP contribution < -0.4 is 20.7 Å². The van der Waals surface area contributed by atoms with Gasteiger partial charge in [0.05, 0.1) is 7.11 Å². The summed E-state index contributed by atoms with van der Waals surface area (Å²) in [5.41, 5.74) is 9.25. The first kappa shape index (κ1) is 18.3. The van der Waals surface area contributed by atoms with Gasteiger partial charge in [-0.05, 0) is 37.0 Å². The van der Waals surface area contributed by atoms with Crippen LogP contribution in [0.4, 0.5) is 5.69 Å². The molecule has 0 bridgehead atoms. The predicted octanol–water partition coefficient (Wildman–Crippen LogP) is 2.65. The van der Waals surface area contributed by atoms with E-state index in [9.17, 15) is 4.79 Å². The van der Waals surface area contributed by atoms with Crippen LogP contribution in [0.3, 0.4) is 0 Å². The van der Waals surface area contributed by atoms with E-state index in [1.54, 1.807) is 7.11 Å². The fourth-order valence-electron chi connectivity index (χ4n) is 3.32. The number of amides is 1. The maximum absolute atomic E-state index is 12.4. The van der Waals surface area contributed by atoms with Gasteiger partial charge in [-0.3, -0.25) is 4.79 Å². The summed E-state index contributed by atoms with van der Waals surface area (Å²) < 4.78 is 5.30. The molecule has 138 valence electrons. The number of aryl methyl sites for hydroxylation is 1. The maximum Gasteiger partial charge on any atom is 0.241 e. The van der Waals surface area contributed by atoms with Gasteiger partial charge in [-0.15, -0.1) is 0 Å². The fraction of sp³-hybridized carbons (Fsp3) is 0.381. The minimum Gasteiger partial charge on any atom is -0.497 e. The molecule has 2 aromatic carbocycles. The molecule has 26 heavy (non-hydrogen) atoms. The Kier molecular flexibility index (Phi) is 5.78. The van der Waals surface area contributed by atoms with Gasteiger partial charge < -0.3 is 20.7 Å². The lowest BCUT2D eigenvalue weighted by molar-refractivity contribution is -0.122. The maximum atomic E-state index is 12.4. The molecule has 5 heteroatoms. The third-order valence-corrected chi connectivity index (χ3v) is 4.99. The molecule has 0 saturated carbocycles. The predicted molar refractivity (Wildman–Crippen MR) is 104 cm³/mol. The normalized spacial score (nSPS) is 17.8. The number of hydrogen-bond acceptors (Lipinski definition) is 4. The van der Waals surface area contributed by atoms with Gasteiger partial charge >= 0.3 is 0 Å². The van der Waals surface area contributed by atoms with E-state index < -0.39 is 6.04 Å². The van der Waals surface area contributed by atoms with E-state index >= 15 is 0 Å². The third-order valence-electron chi connectivity index (χ3n) is 4.99. The summed E-state index contributed by atoms with van der Waals surface area (Å²) in [4.78, 5) is 14.7. The van der Waals surface area contributed by atoms with Gasteiger partial charge in [0.2, 0.25) is 5.91 Å². The Morgan fingerprint density at radius 1 is 1.31 bits per heavy atom. The Labute approximate surface area is 155 Å². The van der Waals surface area contributed by atoms with Crippen LogP contribution in [-0.2, 0) is 4.79 Å². The largest absolute Gasteiger partial charge is 0.497 e. The molecule has 3 rings (SSSR count). The molecule has 1 aliphatic rings. The molecule has 2 unspecified atom stereocenters. The molecule has 0 aliphatic carbocycles. The standard InChI is InChI=1S/C21H27N3O2/c1-15-6-8-17(9-7-15)20(22)21(25)23-13-16-10-11-24(14-16)18-4-3-5-19(12-18)26-2/h3-9,12,16,20H,10-11,13-14,22H2,1-2H3,(H,23,25). The molecule has 3 N–H and O–H groups in total. The molecular formula is C21H27N3O2. The van der Waals surface area contributed by atoms with Crippen molar-refractivity contribution >= 4 is 11.6 Å². The minimum absolute atomic E-state index is 0.117. The van der Waals surface area contributed by atoms with Crippen molar-refractivity contribution in [1.29, 1.82) is 0 Å². The third kappa shape index (κ3) is 4.35. The first-order valence-electron chi connectivity index (χ1n) is 9.05. The molecule has 0 radical (unpaired) electrons. The Balaban J connectivity index is 1.51. The number of carbonyl (C=O) groups is 1. The van der Waals surface area contributed by atoms with Crippen LogP contribution in [0, 0.1) is 12.8 Å². The van der Waals surface area contributed by atoms with Gasteiger partial charge in [0.25, 0.3) is 0 Å². The second-order valence-electron chi connectivity index (χ2n) is 6.94. The minimum atomic E-state index is -0.619. The average molecular weight is 353 g/mol. The van der Waals surface area contributed by atoms with E-state index in [2.05, 4.69) is 16.3 Å². The number of rotatable bonds is 6. The number of nitrogens with two attached hydrogens (primary N) is 1. The van der Waals surface area contributed by atoms with Gasteiger partial charge in [-0.1, -0.05) is 35.9 Å². The zero-order valence-electron chi connectivity index (χ0n) is 15.4. The number of benzene rings is 2. The number of carbonyl (C=O) groups excluding carboxylic acids is 1. The van der Waals surface area contributed by atoms with Crippen molar-refractivity contribution in [2.45, 2.75) is 19.4 Å². The molecule has 2 aromatic rings. The van der Waals surface area contributed by atoms with Gasteiger partial charge in [0.15, 0.2) is 0 Å². The van der Waals surface area contributed by atoms with Gasteiger partial charge in [-0.2, -0.15) is 0 Å². The van der Waals surface area contributed by atoms with Crippen molar-refractivity contribution in [3.8, 4) is 5.75 Å². The zero-order valence-corrected chi connectivity index (χ0v) is 15.4. The van der Waals surface area contributed by atoms with Crippen LogP contribution in [-0.4, -0.2) is 32.7 Å². The second kappa shape index (κ2) is 8.23. The Morgan fingerprint density at radius 2 is 2.08 bits per heavy atom. The average Bonchev–Trinajstić information content (AvgIpc) is 3.15. The summed E-state index contributed by atoms with van der Waals surface area (Å²) >= 11 is 0. The highest BCUT2D eigenvalue weighted by atomic mass is 16.5. The molecule has 1 amide bonds. The number of anilines is 1. The summed E-state index contributed by atoms with van der Waals surface area (Å²) in [5.74, 6) is 1.17. The summed E-state index contributed by atoms with van der Waals surface area (Å²) in [6.07, 6.45) is 1.05. The molecule has 5 nitrogen and oxygen atoms in total. The fourth-order valence-corrected chi connectivity index (χ4v) is 3.32. The van der Waals surface area contributed by atoms with E-state index in [0.717, 1.165) is 42.1 Å².